The van der Waals surface area contributed by atoms with Crippen molar-refractivity contribution in [2.75, 3.05) is 19.3 Å². The topological polar surface area (TPSA) is 66.5 Å². The highest BCUT2D eigenvalue weighted by Gasteiger charge is 2.34. The smallest absolute Gasteiger partial charge is 0.236 e. The summed E-state index contributed by atoms with van der Waals surface area (Å²) in [6.45, 7) is 2.60. The van der Waals surface area contributed by atoms with Gasteiger partial charge in [0, 0.05) is 24.0 Å². The summed E-state index contributed by atoms with van der Waals surface area (Å²) in [6.07, 6.45) is 3.14. The lowest BCUT2D eigenvalue weighted by Gasteiger charge is -2.25. The number of hydrogen-bond acceptors (Lipinski definition) is 4. The SMILES string of the molecule is C[C@@H](Sc1ccccc1)C(=O)N(CCNS(C)(=O)=O)C1CC1. The molecule has 122 valence electrons. The van der Waals surface area contributed by atoms with Crippen molar-refractivity contribution < 1.29 is 13.2 Å². The molecule has 1 fully saturated rings. The molecule has 22 heavy (non-hydrogen) atoms. The van der Waals surface area contributed by atoms with Gasteiger partial charge in [0.2, 0.25) is 15.9 Å². The first-order valence-corrected chi connectivity index (χ1v) is 10.1. The van der Waals surface area contributed by atoms with E-state index in [1.165, 1.54) is 11.8 Å². The number of hydrogen-bond donors (Lipinski definition) is 1. The number of rotatable bonds is 8. The van der Waals surface area contributed by atoms with Crippen molar-refractivity contribution >= 4 is 27.7 Å². The molecular formula is C15H22N2O3S2. The van der Waals surface area contributed by atoms with Crippen LogP contribution in [0.1, 0.15) is 19.8 Å². The van der Waals surface area contributed by atoms with Crippen LogP contribution in [0.15, 0.2) is 35.2 Å². The molecule has 2 rings (SSSR count). The minimum absolute atomic E-state index is 0.0756. The summed E-state index contributed by atoms with van der Waals surface area (Å²) in [6, 6.07) is 10.1. The van der Waals surface area contributed by atoms with E-state index in [9.17, 15) is 13.2 Å². The van der Waals surface area contributed by atoms with E-state index in [0.717, 1.165) is 24.0 Å². The Bertz CT molecular complexity index is 600. The summed E-state index contributed by atoms with van der Waals surface area (Å²) in [7, 11) is -3.21. The number of carbonyl (C=O) groups is 1. The van der Waals surface area contributed by atoms with Gasteiger partial charge in [-0.25, -0.2) is 13.1 Å². The number of sulfonamides is 1. The number of thioether (sulfide) groups is 1. The van der Waals surface area contributed by atoms with Gasteiger partial charge < -0.3 is 4.90 Å². The third kappa shape index (κ3) is 5.62. The Balaban J connectivity index is 1.91. The molecule has 0 radical (unpaired) electrons. The summed E-state index contributed by atoms with van der Waals surface area (Å²) >= 11 is 1.53. The Morgan fingerprint density at radius 2 is 2.00 bits per heavy atom. The van der Waals surface area contributed by atoms with Crippen molar-refractivity contribution in [3.63, 3.8) is 0 Å². The molecule has 1 N–H and O–H groups in total. The molecule has 1 atom stereocenters. The summed E-state index contributed by atoms with van der Waals surface area (Å²) in [4.78, 5) is 15.5. The van der Waals surface area contributed by atoms with Gasteiger partial charge in [-0.15, -0.1) is 11.8 Å². The molecule has 1 aromatic rings. The molecule has 0 heterocycles. The molecule has 1 amide bonds. The van der Waals surface area contributed by atoms with E-state index < -0.39 is 10.0 Å². The van der Waals surface area contributed by atoms with Gasteiger partial charge in [-0.1, -0.05) is 18.2 Å². The van der Waals surface area contributed by atoms with Crippen molar-refractivity contribution in [2.24, 2.45) is 0 Å². The van der Waals surface area contributed by atoms with Gasteiger partial charge in [0.15, 0.2) is 0 Å². The van der Waals surface area contributed by atoms with Gasteiger partial charge in [-0.2, -0.15) is 0 Å². The lowest BCUT2D eigenvalue weighted by molar-refractivity contribution is -0.130. The molecule has 0 bridgehead atoms. The minimum atomic E-state index is -3.21. The second kappa shape index (κ2) is 7.48. The van der Waals surface area contributed by atoms with Crippen molar-refractivity contribution in [3.8, 4) is 0 Å². The van der Waals surface area contributed by atoms with E-state index in [1.54, 1.807) is 0 Å². The van der Waals surface area contributed by atoms with E-state index in [1.807, 2.05) is 42.2 Å². The maximum absolute atomic E-state index is 12.6. The first-order chi connectivity index (χ1) is 10.4. The number of nitrogens with one attached hydrogen (secondary N) is 1. The van der Waals surface area contributed by atoms with Crippen molar-refractivity contribution in [2.45, 2.75) is 36.0 Å². The lowest BCUT2D eigenvalue weighted by Crippen LogP contribution is -2.43. The van der Waals surface area contributed by atoms with Crippen LogP contribution in [0, 0.1) is 0 Å². The second-order valence-corrected chi connectivity index (χ2v) is 8.75. The molecule has 0 saturated heterocycles. The molecule has 7 heteroatoms. The van der Waals surface area contributed by atoms with E-state index in [4.69, 9.17) is 0 Å². The fraction of sp³-hybridized carbons (Fsp3) is 0.533. The van der Waals surface area contributed by atoms with Crippen molar-refractivity contribution in [3.05, 3.63) is 30.3 Å². The molecule has 1 aliphatic rings. The average molecular weight is 342 g/mol. The molecular weight excluding hydrogens is 320 g/mol. The highest BCUT2D eigenvalue weighted by molar-refractivity contribution is 8.00. The molecule has 0 unspecified atom stereocenters. The van der Waals surface area contributed by atoms with Crippen LogP contribution in [0.4, 0.5) is 0 Å². The summed E-state index contributed by atoms with van der Waals surface area (Å²) in [5.41, 5.74) is 0. The molecule has 1 saturated carbocycles. The fourth-order valence-corrected chi connectivity index (χ4v) is 3.62. The van der Waals surface area contributed by atoms with Crippen molar-refractivity contribution in [1.29, 1.82) is 0 Å². The standard InChI is InChI=1S/C15H22N2O3S2/c1-12(21-14-6-4-3-5-7-14)15(18)17(13-8-9-13)11-10-16-22(2,19)20/h3-7,12-13,16H,8-11H2,1-2H3/t12-/m1/s1. The van der Waals surface area contributed by atoms with Crippen LogP contribution in [0.25, 0.3) is 0 Å². The predicted molar refractivity (Wildman–Crippen MR) is 89.3 cm³/mol. The largest absolute Gasteiger partial charge is 0.337 e. The zero-order chi connectivity index (χ0) is 16.2. The number of carbonyl (C=O) groups excluding carboxylic acids is 1. The Hall–Kier alpha value is -1.05. The van der Waals surface area contributed by atoms with Gasteiger partial charge in [-0.05, 0) is 31.9 Å². The number of amides is 1. The van der Waals surface area contributed by atoms with Gasteiger partial charge in [-0.3, -0.25) is 4.79 Å². The second-order valence-electron chi connectivity index (χ2n) is 5.50. The first kappa shape index (κ1) is 17.3. The number of benzene rings is 1. The predicted octanol–water partition coefficient (Wildman–Crippen LogP) is 1.71. The third-order valence-electron chi connectivity index (χ3n) is 3.39. The quantitative estimate of drug-likeness (QED) is 0.731. The van der Waals surface area contributed by atoms with Crippen LogP contribution in [-0.4, -0.2) is 49.9 Å². The molecule has 0 spiro atoms. The zero-order valence-electron chi connectivity index (χ0n) is 12.9. The first-order valence-electron chi connectivity index (χ1n) is 7.33. The van der Waals surface area contributed by atoms with E-state index in [0.29, 0.717) is 6.54 Å². The molecule has 1 aromatic carbocycles. The zero-order valence-corrected chi connectivity index (χ0v) is 14.5. The summed E-state index contributed by atoms with van der Waals surface area (Å²) < 4.78 is 24.7. The normalized spacial score (nSPS) is 16.3. The van der Waals surface area contributed by atoms with Crippen LogP contribution >= 0.6 is 11.8 Å². The highest BCUT2D eigenvalue weighted by Crippen LogP contribution is 2.30. The Labute approximate surface area is 136 Å². The van der Waals surface area contributed by atoms with Gasteiger partial charge >= 0.3 is 0 Å². The summed E-state index contributed by atoms with van der Waals surface area (Å²) in [5.74, 6) is 0.0756. The van der Waals surface area contributed by atoms with Crippen molar-refractivity contribution in [1.82, 2.24) is 9.62 Å². The van der Waals surface area contributed by atoms with E-state index in [2.05, 4.69) is 4.72 Å². The van der Waals surface area contributed by atoms with Crippen LogP contribution < -0.4 is 4.72 Å². The Morgan fingerprint density at radius 3 is 2.55 bits per heavy atom. The van der Waals surface area contributed by atoms with E-state index >= 15 is 0 Å². The molecule has 0 aromatic heterocycles. The summed E-state index contributed by atoms with van der Waals surface area (Å²) in [5, 5.41) is -0.179. The minimum Gasteiger partial charge on any atom is -0.337 e. The van der Waals surface area contributed by atoms with E-state index in [-0.39, 0.29) is 23.7 Å². The van der Waals surface area contributed by atoms with Gasteiger partial charge in [0.25, 0.3) is 0 Å². The van der Waals surface area contributed by atoms with Crippen LogP contribution in [-0.2, 0) is 14.8 Å². The van der Waals surface area contributed by atoms with Crippen LogP contribution in [0.3, 0.4) is 0 Å². The monoisotopic (exact) mass is 342 g/mol. The van der Waals surface area contributed by atoms with Gasteiger partial charge in [0.1, 0.15) is 0 Å². The molecule has 0 aliphatic heterocycles. The number of nitrogens with zero attached hydrogens (tertiary/aromatic N) is 1. The highest BCUT2D eigenvalue weighted by atomic mass is 32.2. The van der Waals surface area contributed by atoms with Crippen LogP contribution in [0.2, 0.25) is 0 Å². The average Bonchev–Trinajstić information content (AvgIpc) is 3.27. The fourth-order valence-electron chi connectivity index (χ4n) is 2.20. The van der Waals surface area contributed by atoms with Crippen LogP contribution in [0.5, 0.6) is 0 Å². The molecule has 5 nitrogen and oxygen atoms in total. The van der Waals surface area contributed by atoms with Gasteiger partial charge in [0.05, 0.1) is 11.5 Å². The maximum atomic E-state index is 12.6. The lowest BCUT2D eigenvalue weighted by atomic mass is 10.3. The molecule has 1 aliphatic carbocycles. The third-order valence-corrected chi connectivity index (χ3v) is 5.22. The Kier molecular flexibility index (Phi) is 5.88. The maximum Gasteiger partial charge on any atom is 0.236 e. The Morgan fingerprint density at radius 1 is 1.36 bits per heavy atom.